The Morgan fingerprint density at radius 1 is 1.19 bits per heavy atom. The fourth-order valence-corrected chi connectivity index (χ4v) is 3.12. The van der Waals surface area contributed by atoms with Crippen LogP contribution in [0, 0.1) is 0 Å². The summed E-state index contributed by atoms with van der Waals surface area (Å²) < 4.78 is 5.33. The number of rotatable bonds is 4. The Bertz CT molecular complexity index is 686. The molecule has 21 heavy (non-hydrogen) atoms. The van der Waals surface area contributed by atoms with Gasteiger partial charge in [0.15, 0.2) is 0 Å². The molecule has 1 aliphatic rings. The molecule has 2 aromatic rings. The number of ether oxygens (including phenoxy) is 1. The summed E-state index contributed by atoms with van der Waals surface area (Å²) in [6.07, 6.45) is 0.221. The van der Waals surface area contributed by atoms with Gasteiger partial charge in [-0.05, 0) is 22.9 Å². The van der Waals surface area contributed by atoms with Crippen LogP contribution in [0.2, 0.25) is 0 Å². The van der Waals surface area contributed by atoms with Gasteiger partial charge >= 0.3 is 5.97 Å². The topological polar surface area (TPSA) is 46.6 Å². The third kappa shape index (κ3) is 3.36. The molecule has 0 N–H and O–H groups in total. The van der Waals surface area contributed by atoms with Gasteiger partial charge in [0.2, 0.25) is 0 Å². The van der Waals surface area contributed by atoms with Crippen LogP contribution in [0.4, 0.5) is 4.79 Å². The van der Waals surface area contributed by atoms with Gasteiger partial charge in [0.05, 0.1) is 6.42 Å². The predicted octanol–water partition coefficient (Wildman–Crippen LogP) is 3.30. The minimum absolute atomic E-state index is 0.0495. The van der Waals surface area contributed by atoms with Gasteiger partial charge in [0.25, 0.3) is 5.24 Å². The Hall–Kier alpha value is -2.01. The van der Waals surface area contributed by atoms with E-state index in [4.69, 9.17) is 4.74 Å². The number of amides is 1. The SMILES string of the molecule is O=C(CCN1CCSC1=O)Oc1ccc2ccccc2c1. The minimum atomic E-state index is -0.310. The molecule has 5 heteroatoms. The van der Waals surface area contributed by atoms with Crippen molar-refractivity contribution >= 4 is 33.7 Å². The highest BCUT2D eigenvalue weighted by atomic mass is 32.2. The second-order valence-electron chi connectivity index (χ2n) is 4.83. The highest BCUT2D eigenvalue weighted by Gasteiger charge is 2.21. The molecular weight excluding hydrogens is 286 g/mol. The molecule has 0 spiro atoms. The summed E-state index contributed by atoms with van der Waals surface area (Å²) in [6, 6.07) is 13.5. The van der Waals surface area contributed by atoms with E-state index in [0.717, 1.165) is 16.5 Å². The Balaban J connectivity index is 1.59. The van der Waals surface area contributed by atoms with Crippen molar-refractivity contribution in [1.29, 1.82) is 0 Å². The van der Waals surface area contributed by atoms with E-state index < -0.39 is 0 Å². The number of carbonyl (C=O) groups is 2. The first kappa shape index (κ1) is 13.9. The quantitative estimate of drug-likeness (QED) is 0.642. The van der Waals surface area contributed by atoms with Gasteiger partial charge in [-0.2, -0.15) is 0 Å². The van der Waals surface area contributed by atoms with Gasteiger partial charge < -0.3 is 9.64 Å². The molecule has 1 aliphatic heterocycles. The number of carbonyl (C=O) groups excluding carboxylic acids is 2. The first-order valence-electron chi connectivity index (χ1n) is 6.83. The van der Waals surface area contributed by atoms with E-state index in [1.165, 1.54) is 11.8 Å². The standard InChI is InChI=1S/C16H15NO3S/c18-15(7-8-17-9-10-21-16(17)19)20-14-6-5-12-3-1-2-4-13(12)11-14/h1-6,11H,7-10H2. The third-order valence-corrected chi connectivity index (χ3v) is 4.28. The fourth-order valence-electron chi connectivity index (χ4n) is 2.27. The first-order valence-corrected chi connectivity index (χ1v) is 7.82. The fraction of sp³-hybridized carbons (Fsp3) is 0.250. The molecule has 3 rings (SSSR count). The number of fused-ring (bicyclic) bond motifs is 1. The summed E-state index contributed by atoms with van der Waals surface area (Å²) in [7, 11) is 0. The van der Waals surface area contributed by atoms with Crippen molar-refractivity contribution in [2.24, 2.45) is 0 Å². The van der Waals surface area contributed by atoms with Crippen LogP contribution in [-0.4, -0.2) is 35.0 Å². The monoisotopic (exact) mass is 301 g/mol. The number of thioether (sulfide) groups is 1. The van der Waals surface area contributed by atoms with Crippen LogP contribution >= 0.6 is 11.8 Å². The molecule has 1 amide bonds. The molecule has 1 saturated heterocycles. The Kier molecular flexibility index (Phi) is 4.10. The van der Waals surface area contributed by atoms with Crippen LogP contribution in [0.1, 0.15) is 6.42 Å². The van der Waals surface area contributed by atoms with Gasteiger partial charge in [0, 0.05) is 18.8 Å². The number of hydrogen-bond acceptors (Lipinski definition) is 4. The zero-order chi connectivity index (χ0) is 14.7. The zero-order valence-electron chi connectivity index (χ0n) is 11.5. The smallest absolute Gasteiger partial charge is 0.312 e. The number of esters is 1. The average Bonchev–Trinajstić information content (AvgIpc) is 2.90. The van der Waals surface area contributed by atoms with Crippen molar-refractivity contribution in [2.75, 3.05) is 18.8 Å². The van der Waals surface area contributed by atoms with Crippen molar-refractivity contribution in [2.45, 2.75) is 6.42 Å². The van der Waals surface area contributed by atoms with Crippen LogP contribution in [0.5, 0.6) is 5.75 Å². The average molecular weight is 301 g/mol. The number of benzene rings is 2. The van der Waals surface area contributed by atoms with E-state index in [-0.39, 0.29) is 17.6 Å². The van der Waals surface area contributed by atoms with Gasteiger partial charge in [-0.1, -0.05) is 42.1 Å². The lowest BCUT2D eigenvalue weighted by molar-refractivity contribution is -0.134. The van der Waals surface area contributed by atoms with Crippen LogP contribution in [0.3, 0.4) is 0 Å². The van der Waals surface area contributed by atoms with Crippen LogP contribution < -0.4 is 4.74 Å². The predicted molar refractivity (Wildman–Crippen MR) is 83.6 cm³/mol. The third-order valence-electron chi connectivity index (χ3n) is 3.38. The Morgan fingerprint density at radius 2 is 2.00 bits per heavy atom. The number of hydrogen-bond donors (Lipinski definition) is 0. The molecule has 0 atom stereocenters. The molecule has 2 aromatic carbocycles. The Morgan fingerprint density at radius 3 is 2.76 bits per heavy atom. The maximum Gasteiger partial charge on any atom is 0.312 e. The van der Waals surface area contributed by atoms with Crippen molar-refractivity contribution in [3.63, 3.8) is 0 Å². The highest BCUT2D eigenvalue weighted by molar-refractivity contribution is 8.13. The summed E-state index contributed by atoms with van der Waals surface area (Å²) in [6.45, 7) is 1.14. The highest BCUT2D eigenvalue weighted by Crippen LogP contribution is 2.21. The molecule has 0 aromatic heterocycles. The molecule has 0 unspecified atom stereocenters. The summed E-state index contributed by atoms with van der Waals surface area (Å²) in [5, 5.41) is 2.19. The number of nitrogens with zero attached hydrogens (tertiary/aromatic N) is 1. The maximum atomic E-state index is 11.8. The van der Waals surface area contributed by atoms with Crippen molar-refractivity contribution in [3.8, 4) is 5.75 Å². The molecule has 1 heterocycles. The molecule has 0 saturated carbocycles. The van der Waals surface area contributed by atoms with Gasteiger partial charge in [-0.25, -0.2) is 0 Å². The van der Waals surface area contributed by atoms with E-state index in [9.17, 15) is 9.59 Å². The largest absolute Gasteiger partial charge is 0.426 e. The summed E-state index contributed by atoms with van der Waals surface area (Å²) in [4.78, 5) is 25.0. The lowest BCUT2D eigenvalue weighted by Crippen LogP contribution is -2.27. The molecule has 0 aliphatic carbocycles. The van der Waals surface area contributed by atoms with Crippen LogP contribution in [0.15, 0.2) is 42.5 Å². The van der Waals surface area contributed by atoms with E-state index in [1.54, 1.807) is 11.0 Å². The second kappa shape index (κ2) is 6.18. The van der Waals surface area contributed by atoms with E-state index in [0.29, 0.717) is 18.8 Å². The summed E-state index contributed by atoms with van der Waals surface area (Å²) in [5.41, 5.74) is 0. The van der Waals surface area contributed by atoms with Gasteiger partial charge in [-0.15, -0.1) is 0 Å². The first-order chi connectivity index (χ1) is 10.2. The van der Waals surface area contributed by atoms with Crippen molar-refractivity contribution in [3.05, 3.63) is 42.5 Å². The molecule has 1 fully saturated rings. The zero-order valence-corrected chi connectivity index (χ0v) is 12.3. The minimum Gasteiger partial charge on any atom is -0.426 e. The maximum absolute atomic E-state index is 11.8. The second-order valence-corrected chi connectivity index (χ2v) is 5.88. The molecule has 4 nitrogen and oxygen atoms in total. The lowest BCUT2D eigenvalue weighted by atomic mass is 10.1. The van der Waals surface area contributed by atoms with Gasteiger partial charge in [-0.3, -0.25) is 9.59 Å². The van der Waals surface area contributed by atoms with E-state index in [2.05, 4.69) is 0 Å². The van der Waals surface area contributed by atoms with Gasteiger partial charge in [0.1, 0.15) is 5.75 Å². The van der Waals surface area contributed by atoms with E-state index in [1.807, 2.05) is 36.4 Å². The molecule has 108 valence electrons. The normalized spacial score (nSPS) is 14.7. The Labute approximate surface area is 127 Å². The molecular formula is C16H15NO3S. The van der Waals surface area contributed by atoms with Crippen molar-refractivity contribution < 1.29 is 14.3 Å². The summed E-state index contributed by atoms with van der Waals surface area (Å²) in [5.74, 6) is 1.04. The van der Waals surface area contributed by atoms with Crippen molar-refractivity contribution in [1.82, 2.24) is 4.90 Å². The van der Waals surface area contributed by atoms with Crippen LogP contribution in [-0.2, 0) is 4.79 Å². The lowest BCUT2D eigenvalue weighted by Gasteiger charge is -2.13. The van der Waals surface area contributed by atoms with Crippen LogP contribution in [0.25, 0.3) is 10.8 Å². The molecule has 0 bridgehead atoms. The summed E-state index contributed by atoms with van der Waals surface area (Å²) >= 11 is 1.30. The van der Waals surface area contributed by atoms with E-state index >= 15 is 0 Å². The molecule has 0 radical (unpaired) electrons.